The number of nitrogens with one attached hydrogen (secondary N) is 1. The van der Waals surface area contributed by atoms with E-state index >= 15 is 0 Å². The van der Waals surface area contributed by atoms with Gasteiger partial charge < -0.3 is 5.32 Å². The largest absolute Gasteiger partial charge is 0.370 e. The molecule has 1 saturated carbocycles. The van der Waals surface area contributed by atoms with Gasteiger partial charge in [0, 0.05) is 6.54 Å². The number of hydrogen-bond acceptors (Lipinski definition) is 4. The van der Waals surface area contributed by atoms with Gasteiger partial charge in [-0.15, -0.1) is 0 Å². The molecule has 5 nitrogen and oxygen atoms in total. The van der Waals surface area contributed by atoms with E-state index in [0.717, 1.165) is 29.3 Å². The van der Waals surface area contributed by atoms with Crippen LogP contribution in [0.1, 0.15) is 32.7 Å². The Morgan fingerprint density at radius 2 is 2.29 bits per heavy atom. The Labute approximate surface area is 100 Å². The Morgan fingerprint density at radius 3 is 3.00 bits per heavy atom. The van der Waals surface area contributed by atoms with Crippen molar-refractivity contribution in [3.05, 3.63) is 12.5 Å². The lowest BCUT2D eigenvalue weighted by molar-refractivity contribution is 0.450. The van der Waals surface area contributed by atoms with E-state index in [-0.39, 0.29) is 0 Å². The molecular weight excluding hydrogens is 214 g/mol. The van der Waals surface area contributed by atoms with Crippen LogP contribution >= 0.6 is 0 Å². The van der Waals surface area contributed by atoms with Crippen molar-refractivity contribution in [2.45, 2.75) is 32.7 Å². The second-order valence-corrected chi connectivity index (χ2v) is 4.66. The van der Waals surface area contributed by atoms with Crippen LogP contribution < -0.4 is 5.32 Å². The van der Waals surface area contributed by atoms with Crippen molar-refractivity contribution in [3.8, 4) is 0 Å². The number of rotatable bonds is 4. The van der Waals surface area contributed by atoms with Crippen LogP contribution in [0.15, 0.2) is 12.5 Å². The highest BCUT2D eigenvalue weighted by atomic mass is 15.3. The molecule has 2 aromatic heterocycles. The predicted octanol–water partition coefficient (Wildman–Crippen LogP) is 2.23. The lowest BCUT2D eigenvalue weighted by Crippen LogP contribution is -2.09. The van der Waals surface area contributed by atoms with E-state index in [1.807, 2.05) is 10.9 Å². The predicted molar refractivity (Wildman–Crippen MR) is 66.9 cm³/mol. The molecule has 0 aromatic carbocycles. The van der Waals surface area contributed by atoms with Gasteiger partial charge in [-0.2, -0.15) is 5.10 Å². The first kappa shape index (κ1) is 10.5. The molecule has 17 heavy (non-hydrogen) atoms. The van der Waals surface area contributed by atoms with E-state index in [0.29, 0.717) is 6.04 Å². The summed E-state index contributed by atoms with van der Waals surface area (Å²) in [4.78, 5) is 8.62. The summed E-state index contributed by atoms with van der Waals surface area (Å²) in [5.41, 5.74) is 0.940. The van der Waals surface area contributed by atoms with E-state index in [1.165, 1.54) is 12.8 Å². The highest BCUT2D eigenvalue weighted by molar-refractivity contribution is 5.86. The van der Waals surface area contributed by atoms with Crippen LogP contribution in [0, 0.1) is 5.92 Å². The molecule has 2 aromatic rings. The van der Waals surface area contributed by atoms with Crippen molar-refractivity contribution in [3.63, 3.8) is 0 Å². The summed E-state index contributed by atoms with van der Waals surface area (Å²) in [5, 5.41) is 8.73. The van der Waals surface area contributed by atoms with Crippen LogP contribution in [-0.4, -0.2) is 26.3 Å². The molecule has 2 heterocycles. The van der Waals surface area contributed by atoms with Crippen LogP contribution in [-0.2, 0) is 0 Å². The minimum atomic E-state index is 0.442. The molecule has 0 aliphatic heterocycles. The maximum absolute atomic E-state index is 4.47. The van der Waals surface area contributed by atoms with Gasteiger partial charge in [0.05, 0.1) is 17.6 Å². The highest BCUT2D eigenvalue weighted by Crippen LogP contribution is 2.40. The third kappa shape index (κ3) is 1.75. The molecule has 0 radical (unpaired) electrons. The normalized spacial score (nSPS) is 17.3. The average Bonchev–Trinajstić information content (AvgIpc) is 3.09. The fraction of sp³-hybridized carbons (Fsp3) is 0.583. The topological polar surface area (TPSA) is 55.6 Å². The van der Waals surface area contributed by atoms with Crippen molar-refractivity contribution in [2.75, 3.05) is 11.9 Å². The molecule has 1 aliphatic carbocycles. The summed E-state index contributed by atoms with van der Waals surface area (Å²) in [7, 11) is 0. The third-order valence-corrected chi connectivity index (χ3v) is 3.43. The second-order valence-electron chi connectivity index (χ2n) is 4.66. The van der Waals surface area contributed by atoms with Crippen LogP contribution in [0.3, 0.4) is 0 Å². The number of anilines is 1. The Balaban J connectivity index is 2.05. The van der Waals surface area contributed by atoms with E-state index < -0.39 is 0 Å². The highest BCUT2D eigenvalue weighted by Gasteiger charge is 2.30. The Kier molecular flexibility index (Phi) is 2.46. The van der Waals surface area contributed by atoms with Gasteiger partial charge in [-0.25, -0.2) is 14.6 Å². The van der Waals surface area contributed by atoms with E-state index in [9.17, 15) is 0 Å². The van der Waals surface area contributed by atoms with Crippen LogP contribution in [0.5, 0.6) is 0 Å². The van der Waals surface area contributed by atoms with Crippen LogP contribution in [0.25, 0.3) is 11.0 Å². The molecule has 1 N–H and O–H groups in total. The summed E-state index contributed by atoms with van der Waals surface area (Å²) in [6.07, 6.45) is 6.10. The molecule has 0 amide bonds. The Morgan fingerprint density at radius 1 is 1.47 bits per heavy atom. The van der Waals surface area contributed by atoms with Gasteiger partial charge in [-0.05, 0) is 32.6 Å². The average molecular weight is 231 g/mol. The quantitative estimate of drug-likeness (QED) is 0.876. The van der Waals surface area contributed by atoms with Crippen molar-refractivity contribution in [1.29, 1.82) is 0 Å². The van der Waals surface area contributed by atoms with Gasteiger partial charge in [0.2, 0.25) is 0 Å². The number of aromatic nitrogens is 4. The van der Waals surface area contributed by atoms with Crippen molar-refractivity contribution < 1.29 is 0 Å². The van der Waals surface area contributed by atoms with Crippen molar-refractivity contribution in [2.24, 2.45) is 5.92 Å². The fourth-order valence-electron chi connectivity index (χ4n) is 2.25. The zero-order valence-electron chi connectivity index (χ0n) is 10.2. The molecule has 90 valence electrons. The first-order valence-corrected chi connectivity index (χ1v) is 6.23. The smallest absolute Gasteiger partial charge is 0.163 e. The minimum Gasteiger partial charge on any atom is -0.370 e. The maximum Gasteiger partial charge on any atom is 0.163 e. The Hall–Kier alpha value is -1.65. The maximum atomic E-state index is 4.47. The standard InChI is InChI=1S/C12H17N5/c1-3-13-11-10-6-16-17(8(2)9-4-5-9)12(10)15-7-14-11/h6-9H,3-5H2,1-2H3,(H,13,14,15). The monoisotopic (exact) mass is 231 g/mol. The summed E-state index contributed by atoms with van der Waals surface area (Å²) >= 11 is 0. The zero-order chi connectivity index (χ0) is 11.8. The third-order valence-electron chi connectivity index (χ3n) is 3.43. The zero-order valence-corrected chi connectivity index (χ0v) is 10.2. The Bertz CT molecular complexity index is 529. The second kappa shape index (κ2) is 3.98. The molecule has 0 bridgehead atoms. The molecule has 1 aliphatic rings. The van der Waals surface area contributed by atoms with Crippen LogP contribution in [0.4, 0.5) is 5.82 Å². The van der Waals surface area contributed by atoms with E-state index in [2.05, 4.69) is 34.2 Å². The molecule has 1 fully saturated rings. The van der Waals surface area contributed by atoms with Crippen molar-refractivity contribution in [1.82, 2.24) is 19.7 Å². The van der Waals surface area contributed by atoms with Crippen molar-refractivity contribution >= 4 is 16.9 Å². The van der Waals surface area contributed by atoms with Crippen LogP contribution in [0.2, 0.25) is 0 Å². The first-order valence-electron chi connectivity index (χ1n) is 6.23. The first-order chi connectivity index (χ1) is 8.31. The summed E-state index contributed by atoms with van der Waals surface area (Å²) < 4.78 is 2.04. The molecule has 5 heteroatoms. The number of fused-ring (bicyclic) bond motifs is 1. The van der Waals surface area contributed by atoms with Gasteiger partial charge in [0.25, 0.3) is 0 Å². The molecule has 3 rings (SSSR count). The van der Waals surface area contributed by atoms with Gasteiger partial charge in [-0.1, -0.05) is 0 Å². The molecule has 1 atom stereocenters. The number of hydrogen-bond donors (Lipinski definition) is 1. The summed E-state index contributed by atoms with van der Waals surface area (Å²) in [6, 6.07) is 0.442. The lowest BCUT2D eigenvalue weighted by Gasteiger charge is -2.11. The molecule has 1 unspecified atom stereocenters. The minimum absolute atomic E-state index is 0.442. The summed E-state index contributed by atoms with van der Waals surface area (Å²) in [6.45, 7) is 5.14. The number of nitrogens with zero attached hydrogens (tertiary/aromatic N) is 4. The summed E-state index contributed by atoms with van der Waals surface area (Å²) in [5.74, 6) is 1.65. The molecular formula is C12H17N5. The molecule has 0 saturated heterocycles. The SMILES string of the molecule is CCNc1ncnc2c1cnn2C(C)C1CC1. The lowest BCUT2D eigenvalue weighted by atomic mass is 10.2. The fourth-order valence-corrected chi connectivity index (χ4v) is 2.25. The van der Waals surface area contributed by atoms with Gasteiger partial charge in [0.1, 0.15) is 12.1 Å². The molecule has 0 spiro atoms. The van der Waals surface area contributed by atoms with Gasteiger partial charge >= 0.3 is 0 Å². The van der Waals surface area contributed by atoms with E-state index in [1.54, 1.807) is 6.33 Å². The van der Waals surface area contributed by atoms with Gasteiger partial charge in [-0.3, -0.25) is 0 Å². The van der Waals surface area contributed by atoms with E-state index in [4.69, 9.17) is 0 Å². The van der Waals surface area contributed by atoms with Gasteiger partial charge in [0.15, 0.2) is 5.65 Å².